The average Bonchev–Trinajstić information content (AvgIpc) is 1.54. The molecule has 1 spiro atoms. The third-order valence-electron chi connectivity index (χ3n) is 13.7. The largest absolute Gasteiger partial charge is 0.457 e. The Morgan fingerprint density at radius 1 is 0.400 bits per heavy atom. The highest BCUT2D eigenvalue weighted by Crippen LogP contribution is 2.65. The summed E-state index contributed by atoms with van der Waals surface area (Å²) in [5.74, 6) is -2.39. The van der Waals surface area contributed by atoms with E-state index in [0.717, 1.165) is 52.1 Å². The van der Waals surface area contributed by atoms with Gasteiger partial charge in [0.15, 0.2) is 11.5 Å². The van der Waals surface area contributed by atoms with Gasteiger partial charge in [-0.3, -0.25) is 0 Å². The van der Waals surface area contributed by atoms with E-state index in [0.29, 0.717) is 41.4 Å². The quantitative estimate of drug-likeness (QED) is 0.00845. The Morgan fingerprint density at radius 3 is 1.00 bits per heavy atom. The molecule has 0 heterocycles. The lowest BCUT2D eigenvalue weighted by atomic mass is 9.72. The first-order chi connectivity index (χ1) is 40.8. The van der Waals surface area contributed by atoms with Crippen LogP contribution in [0.2, 0.25) is 0 Å². The summed E-state index contributed by atoms with van der Waals surface area (Å²) >= 11 is 0. The number of rotatable bonds is 28. The molecule has 1 atom stereocenters. The standard InChI is InChI=1S/C65H60O20/c1-9-57(66)76-37-72-45-21-13-41(14-22-45)33-80-84-55-30-50-52(32-56(55)85-81-34-42-15-23-46(24-16-42)73-38-77-58(67)10-2)65(36-64(50,7)8)35-63(5,6)49-29-53(82-61(70)43-17-25-47(26-18-43)74-39-78-59(68)11-3)54(31-51(49)65)83-62(71)44-19-27-48(28-20-44)75-40-79-60(69)12-4/h9-32H,1-4,33-40H2,5-8H3. The molecule has 2 aliphatic carbocycles. The third-order valence-corrected chi connectivity index (χ3v) is 13.7. The van der Waals surface area contributed by atoms with Crippen molar-refractivity contribution in [2.45, 2.75) is 70.0 Å². The zero-order valence-electron chi connectivity index (χ0n) is 47.0. The van der Waals surface area contributed by atoms with Crippen molar-refractivity contribution in [3.63, 3.8) is 0 Å². The Kier molecular flexibility index (Phi) is 19.5. The molecule has 20 heteroatoms. The van der Waals surface area contributed by atoms with Gasteiger partial charge in [0.05, 0.1) is 11.1 Å². The van der Waals surface area contributed by atoms with E-state index in [1.165, 1.54) is 48.5 Å². The molecule has 8 rings (SSSR count). The molecular weight excluding hydrogens is 1100 g/mol. The van der Waals surface area contributed by atoms with Gasteiger partial charge in [0.2, 0.25) is 38.7 Å². The summed E-state index contributed by atoms with van der Waals surface area (Å²) in [6.07, 6.45) is 5.17. The summed E-state index contributed by atoms with van der Waals surface area (Å²) in [6, 6.07) is 32.8. The van der Waals surface area contributed by atoms with Gasteiger partial charge in [-0.1, -0.05) is 78.3 Å². The molecule has 0 aromatic heterocycles. The molecule has 440 valence electrons. The lowest BCUT2D eigenvalue weighted by Crippen LogP contribution is -2.27. The van der Waals surface area contributed by atoms with Gasteiger partial charge in [-0.15, -0.1) is 0 Å². The summed E-state index contributed by atoms with van der Waals surface area (Å²) in [4.78, 5) is 98.3. The number of benzene rings is 6. The second-order valence-electron chi connectivity index (χ2n) is 20.4. The molecule has 2 aliphatic rings. The second kappa shape index (κ2) is 27.3. The summed E-state index contributed by atoms with van der Waals surface area (Å²) in [7, 11) is 0. The minimum absolute atomic E-state index is 0.00643. The third kappa shape index (κ3) is 15.3. The molecule has 0 saturated heterocycles. The van der Waals surface area contributed by atoms with E-state index >= 15 is 0 Å². The predicted octanol–water partition coefficient (Wildman–Crippen LogP) is 11.1. The minimum atomic E-state index is -0.791. The van der Waals surface area contributed by atoms with Gasteiger partial charge >= 0.3 is 35.8 Å². The van der Waals surface area contributed by atoms with Crippen molar-refractivity contribution in [2.75, 3.05) is 27.2 Å². The summed E-state index contributed by atoms with van der Waals surface area (Å²) in [5, 5.41) is 0. The zero-order chi connectivity index (χ0) is 60.7. The summed E-state index contributed by atoms with van der Waals surface area (Å²) in [6.45, 7) is 20.5. The Balaban J connectivity index is 1.12. The first-order valence-corrected chi connectivity index (χ1v) is 26.3. The fourth-order valence-electron chi connectivity index (χ4n) is 9.85. The van der Waals surface area contributed by atoms with E-state index in [2.05, 4.69) is 54.0 Å². The van der Waals surface area contributed by atoms with Crippen LogP contribution in [0.5, 0.6) is 46.0 Å². The lowest BCUT2D eigenvalue weighted by molar-refractivity contribution is -0.239. The number of esters is 6. The number of hydrogen-bond donors (Lipinski definition) is 0. The minimum Gasteiger partial charge on any atom is -0.457 e. The van der Waals surface area contributed by atoms with Crippen LogP contribution in [0.25, 0.3) is 0 Å². The molecule has 20 nitrogen and oxygen atoms in total. The van der Waals surface area contributed by atoms with Crippen molar-refractivity contribution in [1.82, 2.24) is 0 Å². The SMILES string of the molecule is C=CC(=O)OCOc1ccc(COOc2cc3c(cc2OOCc2ccc(OCOC(=O)C=C)cc2)C2(CC3(C)C)CC(C)(C)c3cc(OC(=O)c4ccc(OCOC(=O)C=C)cc4)c(OC(=O)c4ccc(OCOC(=O)C=C)cc4)cc32)cc1. The van der Waals surface area contributed by atoms with E-state index in [4.69, 9.17) is 66.9 Å². The summed E-state index contributed by atoms with van der Waals surface area (Å²) < 4.78 is 53.9. The van der Waals surface area contributed by atoms with Crippen LogP contribution in [-0.2, 0) is 77.4 Å². The first kappa shape index (κ1) is 60.9. The van der Waals surface area contributed by atoms with Gasteiger partial charge in [-0.25, -0.2) is 28.8 Å². The molecule has 6 aromatic rings. The van der Waals surface area contributed by atoms with Crippen molar-refractivity contribution >= 4 is 35.8 Å². The van der Waals surface area contributed by atoms with Crippen LogP contribution < -0.4 is 38.2 Å². The normalized spacial score (nSPS) is 14.6. The first-order valence-electron chi connectivity index (χ1n) is 26.3. The fraction of sp³-hybridized carbons (Fsp3) is 0.231. The van der Waals surface area contributed by atoms with Crippen molar-refractivity contribution in [1.29, 1.82) is 0 Å². The molecular formula is C65H60O20. The number of carbonyl (C=O) groups is 6. The Morgan fingerprint density at radius 2 is 0.682 bits per heavy atom. The number of ether oxygens (including phenoxy) is 10. The lowest BCUT2D eigenvalue weighted by Gasteiger charge is -2.30. The van der Waals surface area contributed by atoms with E-state index in [9.17, 15) is 28.8 Å². The van der Waals surface area contributed by atoms with Crippen LogP contribution >= 0.6 is 0 Å². The Labute approximate surface area is 489 Å². The van der Waals surface area contributed by atoms with Crippen LogP contribution in [0.15, 0.2) is 172 Å². The van der Waals surface area contributed by atoms with E-state index in [1.807, 2.05) is 12.1 Å². The van der Waals surface area contributed by atoms with Gasteiger partial charge in [0.1, 0.15) is 36.2 Å². The van der Waals surface area contributed by atoms with Gasteiger partial charge < -0.3 is 57.1 Å². The molecule has 0 radical (unpaired) electrons. The number of fused-ring (bicyclic) bond motifs is 4. The van der Waals surface area contributed by atoms with Crippen LogP contribution in [0, 0.1) is 0 Å². The van der Waals surface area contributed by atoms with Gasteiger partial charge in [0, 0.05) is 29.7 Å². The van der Waals surface area contributed by atoms with Crippen LogP contribution in [-0.4, -0.2) is 63.0 Å². The van der Waals surface area contributed by atoms with Crippen molar-refractivity contribution < 1.29 is 95.7 Å². The monoisotopic (exact) mass is 1160 g/mol. The van der Waals surface area contributed by atoms with Crippen molar-refractivity contribution in [2.24, 2.45) is 0 Å². The summed E-state index contributed by atoms with van der Waals surface area (Å²) in [5.41, 5.74) is 3.14. The maximum atomic E-state index is 14.2. The molecule has 6 aromatic carbocycles. The van der Waals surface area contributed by atoms with Gasteiger partial charge in [0.25, 0.3) is 0 Å². The van der Waals surface area contributed by atoms with E-state index in [-0.39, 0.29) is 67.7 Å². The maximum absolute atomic E-state index is 14.2. The smallest absolute Gasteiger partial charge is 0.343 e. The highest BCUT2D eigenvalue weighted by molar-refractivity contribution is 5.94. The average molecular weight is 1160 g/mol. The van der Waals surface area contributed by atoms with Gasteiger partial charge in [-0.2, -0.15) is 9.78 Å². The fourth-order valence-corrected chi connectivity index (χ4v) is 9.85. The molecule has 0 N–H and O–H groups in total. The maximum Gasteiger partial charge on any atom is 0.343 e. The van der Waals surface area contributed by atoms with Crippen molar-refractivity contribution in [3.8, 4) is 46.0 Å². The topological polar surface area (TPSA) is 232 Å². The molecule has 0 bridgehead atoms. The molecule has 0 aliphatic heterocycles. The number of hydrogen-bond acceptors (Lipinski definition) is 20. The van der Waals surface area contributed by atoms with Crippen LogP contribution in [0.3, 0.4) is 0 Å². The molecule has 85 heavy (non-hydrogen) atoms. The molecule has 0 fully saturated rings. The predicted molar refractivity (Wildman–Crippen MR) is 303 cm³/mol. The molecule has 1 unspecified atom stereocenters. The second-order valence-corrected chi connectivity index (χ2v) is 20.4. The molecule has 0 amide bonds. The van der Waals surface area contributed by atoms with Crippen LogP contribution in [0.1, 0.15) is 94.6 Å². The van der Waals surface area contributed by atoms with Crippen LogP contribution in [0.4, 0.5) is 0 Å². The number of carbonyl (C=O) groups excluding carboxylic acids is 6. The van der Waals surface area contributed by atoms with Crippen molar-refractivity contribution in [3.05, 3.63) is 216 Å². The van der Waals surface area contributed by atoms with E-state index < -0.39 is 58.9 Å². The highest BCUT2D eigenvalue weighted by atomic mass is 17.2. The highest BCUT2D eigenvalue weighted by Gasteiger charge is 2.57. The Hall–Kier alpha value is -10.2. The zero-order valence-corrected chi connectivity index (χ0v) is 47.0. The Bertz CT molecular complexity index is 3470. The van der Waals surface area contributed by atoms with Gasteiger partial charge in [-0.05, 0) is 154 Å². The van der Waals surface area contributed by atoms with E-state index in [1.54, 1.807) is 60.7 Å². The molecule has 0 saturated carbocycles.